The smallest absolute Gasteiger partial charge is 0.275 e. The van der Waals surface area contributed by atoms with E-state index >= 15 is 0 Å². The predicted octanol–water partition coefficient (Wildman–Crippen LogP) is 4.96. The number of amides is 2. The van der Waals surface area contributed by atoms with Crippen LogP contribution in [0, 0.1) is 12.7 Å². The average Bonchev–Trinajstić information content (AvgIpc) is 2.91. The molecule has 0 radical (unpaired) electrons. The van der Waals surface area contributed by atoms with Crippen LogP contribution in [-0.2, 0) is 11.3 Å². The molecule has 1 aromatic heterocycles. The van der Waals surface area contributed by atoms with E-state index in [1.54, 1.807) is 19.2 Å². The number of carbonyl (C=O) groups is 2. The fourth-order valence-corrected chi connectivity index (χ4v) is 3.85. The number of hydrogen-bond donors (Lipinski definition) is 1. The summed E-state index contributed by atoms with van der Waals surface area (Å²) in [6.07, 6.45) is 4.28. The average molecular weight is 485 g/mol. The number of ether oxygens (including phenoxy) is 1. The number of aromatic nitrogens is 2. The number of benzene rings is 3. The maximum absolute atomic E-state index is 13.8. The van der Waals surface area contributed by atoms with Crippen molar-refractivity contribution in [2.75, 3.05) is 12.4 Å². The van der Waals surface area contributed by atoms with Gasteiger partial charge in [-0.25, -0.2) is 9.37 Å². The van der Waals surface area contributed by atoms with E-state index < -0.39 is 23.7 Å². The minimum Gasteiger partial charge on any atom is -0.497 e. The van der Waals surface area contributed by atoms with Gasteiger partial charge in [0.15, 0.2) is 0 Å². The van der Waals surface area contributed by atoms with Crippen molar-refractivity contribution in [3.8, 4) is 5.75 Å². The lowest BCUT2D eigenvalue weighted by Crippen LogP contribution is -2.41. The Balaban J connectivity index is 1.79. The second-order valence-corrected chi connectivity index (χ2v) is 8.13. The zero-order valence-corrected chi connectivity index (χ0v) is 19.9. The highest BCUT2D eigenvalue weighted by molar-refractivity contribution is 6.01. The molecular formula is C28H25FN4O3. The molecule has 0 bridgehead atoms. The Bertz CT molecular complexity index is 1330. The minimum atomic E-state index is -1.01. The number of nitrogens with one attached hydrogen (secondary N) is 1. The zero-order valence-electron chi connectivity index (χ0n) is 19.9. The van der Waals surface area contributed by atoms with Crippen molar-refractivity contribution in [2.45, 2.75) is 19.5 Å². The highest BCUT2D eigenvalue weighted by Crippen LogP contribution is 2.29. The Morgan fingerprint density at radius 1 is 1.00 bits per heavy atom. The summed E-state index contributed by atoms with van der Waals surface area (Å²) in [7, 11) is 1.58. The molecule has 0 aliphatic heterocycles. The van der Waals surface area contributed by atoms with Gasteiger partial charge in [-0.1, -0.05) is 36.4 Å². The molecular weight excluding hydrogens is 459 g/mol. The number of anilines is 1. The van der Waals surface area contributed by atoms with E-state index in [-0.39, 0.29) is 12.2 Å². The van der Waals surface area contributed by atoms with Crippen molar-refractivity contribution in [2.24, 2.45) is 0 Å². The lowest BCUT2D eigenvalue weighted by atomic mass is 9.97. The molecule has 0 aliphatic carbocycles. The fraction of sp³-hybridized carbons (Fsp3) is 0.143. The first-order chi connectivity index (χ1) is 17.5. The Morgan fingerprint density at radius 2 is 1.72 bits per heavy atom. The normalized spacial score (nSPS) is 11.4. The Hall–Kier alpha value is -4.59. The predicted molar refractivity (Wildman–Crippen MR) is 134 cm³/mol. The molecule has 1 N–H and O–H groups in total. The summed E-state index contributed by atoms with van der Waals surface area (Å²) in [4.78, 5) is 37.2. The third-order valence-electron chi connectivity index (χ3n) is 5.71. The quantitative estimate of drug-likeness (QED) is 0.382. The highest BCUT2D eigenvalue weighted by atomic mass is 19.1. The molecule has 3 aromatic carbocycles. The number of nitrogens with zero attached hydrogens (tertiary/aromatic N) is 3. The van der Waals surface area contributed by atoms with E-state index in [2.05, 4.69) is 15.3 Å². The maximum atomic E-state index is 13.8. The molecule has 182 valence electrons. The summed E-state index contributed by atoms with van der Waals surface area (Å²) in [6, 6.07) is 19.1. The fourth-order valence-electron chi connectivity index (χ4n) is 3.85. The summed E-state index contributed by atoms with van der Waals surface area (Å²) in [5.74, 6) is -0.638. The van der Waals surface area contributed by atoms with Crippen LogP contribution >= 0.6 is 0 Å². The van der Waals surface area contributed by atoms with Gasteiger partial charge in [0, 0.05) is 24.6 Å². The first-order valence-electron chi connectivity index (χ1n) is 11.3. The summed E-state index contributed by atoms with van der Waals surface area (Å²) < 4.78 is 18.7. The minimum absolute atomic E-state index is 0.110. The molecule has 1 heterocycles. The van der Waals surface area contributed by atoms with Crippen LogP contribution in [0.1, 0.15) is 33.2 Å². The van der Waals surface area contributed by atoms with Crippen molar-refractivity contribution in [3.05, 3.63) is 120 Å². The van der Waals surface area contributed by atoms with E-state index in [1.807, 2.05) is 43.3 Å². The monoisotopic (exact) mass is 484 g/mol. The van der Waals surface area contributed by atoms with Crippen LogP contribution < -0.4 is 10.1 Å². The molecule has 0 saturated carbocycles. The van der Waals surface area contributed by atoms with Crippen LogP contribution in [0.4, 0.5) is 10.1 Å². The van der Waals surface area contributed by atoms with Crippen LogP contribution in [0.15, 0.2) is 91.4 Å². The van der Waals surface area contributed by atoms with Gasteiger partial charge in [0.2, 0.25) is 0 Å². The molecule has 0 aliphatic rings. The Morgan fingerprint density at radius 3 is 2.36 bits per heavy atom. The molecule has 2 amide bonds. The molecule has 8 heteroatoms. The van der Waals surface area contributed by atoms with Gasteiger partial charge in [0.25, 0.3) is 11.8 Å². The number of halogens is 1. The number of rotatable bonds is 8. The van der Waals surface area contributed by atoms with E-state index in [0.717, 1.165) is 11.1 Å². The van der Waals surface area contributed by atoms with Gasteiger partial charge in [-0.15, -0.1) is 0 Å². The van der Waals surface area contributed by atoms with Gasteiger partial charge >= 0.3 is 0 Å². The van der Waals surface area contributed by atoms with Crippen molar-refractivity contribution in [1.82, 2.24) is 14.9 Å². The van der Waals surface area contributed by atoms with E-state index in [0.29, 0.717) is 17.0 Å². The third-order valence-corrected chi connectivity index (χ3v) is 5.71. The van der Waals surface area contributed by atoms with Gasteiger partial charge in [-0.05, 0) is 60.0 Å². The standard InChI is InChI=1S/C28H25FN4O3/c1-19-5-3-4-6-24(19)26(27(34)32-22-11-9-21(29)10-12-22)33(28(35)25-17-30-15-16-31-25)18-20-7-13-23(36-2)14-8-20/h3-17,26H,18H2,1-2H3,(H,32,34). The third kappa shape index (κ3) is 5.72. The number of aryl methyl sites for hydroxylation is 1. The summed E-state index contributed by atoms with van der Waals surface area (Å²) >= 11 is 0. The Kier molecular flexibility index (Phi) is 7.65. The SMILES string of the molecule is COc1ccc(CN(C(=O)c2cnccn2)C(C(=O)Nc2ccc(F)cc2)c2ccccc2C)cc1. The zero-order chi connectivity index (χ0) is 25.5. The molecule has 4 aromatic rings. The largest absolute Gasteiger partial charge is 0.497 e. The number of hydrogen-bond acceptors (Lipinski definition) is 5. The van der Waals surface area contributed by atoms with Gasteiger partial charge in [0.1, 0.15) is 23.3 Å². The van der Waals surface area contributed by atoms with E-state index in [1.165, 1.54) is 47.8 Å². The molecule has 7 nitrogen and oxygen atoms in total. The van der Waals surface area contributed by atoms with Crippen LogP contribution in [0.25, 0.3) is 0 Å². The van der Waals surface area contributed by atoms with Gasteiger partial charge < -0.3 is 15.0 Å². The summed E-state index contributed by atoms with van der Waals surface area (Å²) in [5.41, 5.74) is 2.81. The van der Waals surface area contributed by atoms with Crippen molar-refractivity contribution < 1.29 is 18.7 Å². The molecule has 1 atom stereocenters. The van der Waals surface area contributed by atoms with Gasteiger partial charge in [-0.2, -0.15) is 0 Å². The van der Waals surface area contributed by atoms with Crippen molar-refractivity contribution in [3.63, 3.8) is 0 Å². The molecule has 36 heavy (non-hydrogen) atoms. The Labute approximate surface area is 208 Å². The first-order valence-corrected chi connectivity index (χ1v) is 11.3. The maximum Gasteiger partial charge on any atom is 0.275 e. The molecule has 1 unspecified atom stereocenters. The second-order valence-electron chi connectivity index (χ2n) is 8.13. The molecule has 0 saturated heterocycles. The van der Waals surface area contributed by atoms with Crippen LogP contribution in [0.5, 0.6) is 5.75 Å². The van der Waals surface area contributed by atoms with Gasteiger partial charge in [-0.3, -0.25) is 14.6 Å². The topological polar surface area (TPSA) is 84.4 Å². The molecule has 0 spiro atoms. The lowest BCUT2D eigenvalue weighted by Gasteiger charge is -2.32. The number of carbonyl (C=O) groups excluding carboxylic acids is 2. The van der Waals surface area contributed by atoms with E-state index in [4.69, 9.17) is 4.74 Å². The first kappa shape index (κ1) is 24.5. The van der Waals surface area contributed by atoms with Crippen LogP contribution in [0.2, 0.25) is 0 Å². The van der Waals surface area contributed by atoms with Gasteiger partial charge in [0.05, 0.1) is 13.3 Å². The highest BCUT2D eigenvalue weighted by Gasteiger charge is 2.34. The van der Waals surface area contributed by atoms with Crippen molar-refractivity contribution in [1.29, 1.82) is 0 Å². The van der Waals surface area contributed by atoms with Crippen LogP contribution in [-0.4, -0.2) is 33.8 Å². The van der Waals surface area contributed by atoms with Crippen molar-refractivity contribution >= 4 is 17.5 Å². The summed E-state index contributed by atoms with van der Waals surface area (Å²) in [5, 5.41) is 2.83. The second kappa shape index (κ2) is 11.2. The van der Waals surface area contributed by atoms with Crippen LogP contribution in [0.3, 0.4) is 0 Å². The summed E-state index contributed by atoms with van der Waals surface area (Å²) in [6.45, 7) is 2.00. The molecule has 0 fully saturated rings. The lowest BCUT2D eigenvalue weighted by molar-refractivity contribution is -0.121. The van der Waals surface area contributed by atoms with E-state index in [9.17, 15) is 14.0 Å². The number of methoxy groups -OCH3 is 1. The molecule has 4 rings (SSSR count).